The predicted octanol–water partition coefficient (Wildman–Crippen LogP) is 4.19. The molecule has 0 aliphatic rings. The van der Waals surface area contributed by atoms with E-state index in [1.54, 1.807) is 39.0 Å². The van der Waals surface area contributed by atoms with Crippen LogP contribution in [0, 0.1) is 6.92 Å². The standard InChI is InChI=1S/C19H24ClN3O3S2/c1-5-23(6-2)28(25,26)16-9-10-18(21-12-16)27-14(4)19(24)22-17-11-15(20)8-7-13(17)3/h7-12,14H,5-6H2,1-4H3,(H,22,24). The maximum atomic E-state index is 12.5. The first kappa shape index (κ1) is 22.7. The lowest BCUT2D eigenvalue weighted by Crippen LogP contribution is -2.30. The van der Waals surface area contributed by atoms with E-state index in [0.717, 1.165) is 5.56 Å². The van der Waals surface area contributed by atoms with Crippen molar-refractivity contribution < 1.29 is 13.2 Å². The SMILES string of the molecule is CCN(CC)S(=O)(=O)c1ccc(SC(C)C(=O)Nc2cc(Cl)ccc2C)nc1. The Labute approximate surface area is 175 Å². The van der Waals surface area contributed by atoms with Crippen LogP contribution in [0.4, 0.5) is 5.69 Å². The molecule has 1 unspecified atom stereocenters. The molecule has 0 saturated heterocycles. The second-order valence-electron chi connectivity index (χ2n) is 6.13. The van der Waals surface area contributed by atoms with Gasteiger partial charge in [-0.15, -0.1) is 0 Å². The molecule has 0 saturated carbocycles. The van der Waals surface area contributed by atoms with Gasteiger partial charge in [-0.3, -0.25) is 4.79 Å². The number of carbonyl (C=O) groups is 1. The summed E-state index contributed by atoms with van der Waals surface area (Å²) in [6.45, 7) is 8.04. The van der Waals surface area contributed by atoms with Crippen LogP contribution in [0.1, 0.15) is 26.3 Å². The predicted molar refractivity (Wildman–Crippen MR) is 114 cm³/mol. The van der Waals surface area contributed by atoms with Crippen LogP contribution in [-0.4, -0.2) is 42.0 Å². The van der Waals surface area contributed by atoms with Crippen molar-refractivity contribution in [3.8, 4) is 0 Å². The number of nitrogens with one attached hydrogen (secondary N) is 1. The number of benzene rings is 1. The number of rotatable bonds is 8. The molecule has 1 amide bonds. The van der Waals surface area contributed by atoms with E-state index in [0.29, 0.717) is 28.8 Å². The van der Waals surface area contributed by atoms with Crippen molar-refractivity contribution in [1.82, 2.24) is 9.29 Å². The first-order valence-electron chi connectivity index (χ1n) is 8.88. The second-order valence-corrected chi connectivity index (χ2v) is 9.87. The molecule has 1 atom stereocenters. The maximum absolute atomic E-state index is 12.5. The van der Waals surface area contributed by atoms with Crippen molar-refractivity contribution in [2.75, 3.05) is 18.4 Å². The zero-order valence-electron chi connectivity index (χ0n) is 16.3. The van der Waals surface area contributed by atoms with Gasteiger partial charge in [0.15, 0.2) is 0 Å². The largest absolute Gasteiger partial charge is 0.325 e. The van der Waals surface area contributed by atoms with Gasteiger partial charge < -0.3 is 5.32 Å². The Bertz CT molecular complexity index is 930. The van der Waals surface area contributed by atoms with Gasteiger partial charge in [0.1, 0.15) is 4.90 Å². The number of aromatic nitrogens is 1. The van der Waals surface area contributed by atoms with Crippen molar-refractivity contribution in [2.45, 2.75) is 42.9 Å². The second kappa shape index (κ2) is 9.73. The molecule has 2 aromatic rings. The summed E-state index contributed by atoms with van der Waals surface area (Å²) in [6, 6.07) is 8.45. The Kier molecular flexibility index (Phi) is 7.88. The highest BCUT2D eigenvalue weighted by Crippen LogP contribution is 2.26. The summed E-state index contributed by atoms with van der Waals surface area (Å²) < 4.78 is 26.4. The summed E-state index contributed by atoms with van der Waals surface area (Å²) in [6.07, 6.45) is 1.34. The topological polar surface area (TPSA) is 79.4 Å². The molecule has 1 aromatic heterocycles. The van der Waals surface area contributed by atoms with Crippen LogP contribution in [0.15, 0.2) is 46.5 Å². The van der Waals surface area contributed by atoms with Gasteiger partial charge in [-0.05, 0) is 43.7 Å². The van der Waals surface area contributed by atoms with E-state index in [1.165, 1.54) is 28.3 Å². The van der Waals surface area contributed by atoms with E-state index in [-0.39, 0.29) is 10.8 Å². The van der Waals surface area contributed by atoms with Crippen LogP contribution in [0.2, 0.25) is 5.02 Å². The Hall–Kier alpha value is -1.61. The number of anilines is 1. The Balaban J connectivity index is 2.07. The first-order valence-corrected chi connectivity index (χ1v) is 11.6. The van der Waals surface area contributed by atoms with Crippen molar-refractivity contribution >= 4 is 45.0 Å². The van der Waals surface area contributed by atoms with Crippen LogP contribution in [0.25, 0.3) is 0 Å². The molecule has 0 radical (unpaired) electrons. The van der Waals surface area contributed by atoms with Gasteiger partial charge in [0.05, 0.1) is 10.3 Å². The van der Waals surface area contributed by atoms with E-state index in [4.69, 9.17) is 11.6 Å². The Morgan fingerprint density at radius 3 is 2.50 bits per heavy atom. The number of hydrogen-bond donors (Lipinski definition) is 1. The molecule has 9 heteroatoms. The number of halogens is 1. The highest BCUT2D eigenvalue weighted by molar-refractivity contribution is 8.00. The van der Waals surface area contributed by atoms with Crippen molar-refractivity contribution in [1.29, 1.82) is 0 Å². The molecule has 0 aliphatic carbocycles. The number of nitrogens with zero attached hydrogens (tertiary/aromatic N) is 2. The lowest BCUT2D eigenvalue weighted by Gasteiger charge is -2.18. The number of pyridine rings is 1. The minimum Gasteiger partial charge on any atom is -0.325 e. The van der Waals surface area contributed by atoms with E-state index < -0.39 is 15.3 Å². The molecule has 6 nitrogen and oxygen atoms in total. The normalized spacial score (nSPS) is 12.8. The molecule has 0 fully saturated rings. The lowest BCUT2D eigenvalue weighted by atomic mass is 10.2. The first-order chi connectivity index (χ1) is 13.2. The summed E-state index contributed by atoms with van der Waals surface area (Å²) in [7, 11) is -3.54. The summed E-state index contributed by atoms with van der Waals surface area (Å²) in [5, 5.41) is 3.56. The molecule has 0 spiro atoms. The van der Waals surface area contributed by atoms with Gasteiger partial charge in [0.2, 0.25) is 15.9 Å². The number of sulfonamides is 1. The number of carbonyl (C=O) groups excluding carboxylic acids is 1. The molecule has 1 heterocycles. The lowest BCUT2D eigenvalue weighted by molar-refractivity contribution is -0.115. The van der Waals surface area contributed by atoms with Gasteiger partial charge in [0, 0.05) is 30.0 Å². The summed E-state index contributed by atoms with van der Waals surface area (Å²) in [4.78, 5) is 16.8. The number of aryl methyl sites for hydroxylation is 1. The number of thioether (sulfide) groups is 1. The minimum atomic E-state index is -3.54. The maximum Gasteiger partial charge on any atom is 0.244 e. The zero-order chi connectivity index (χ0) is 20.9. The van der Waals surface area contributed by atoms with Crippen LogP contribution in [0.5, 0.6) is 0 Å². The summed E-state index contributed by atoms with van der Waals surface area (Å²) >= 11 is 7.24. The van der Waals surface area contributed by atoms with Crippen LogP contribution in [-0.2, 0) is 14.8 Å². The fourth-order valence-corrected chi connectivity index (χ4v) is 4.86. The van der Waals surface area contributed by atoms with E-state index in [2.05, 4.69) is 10.3 Å². The van der Waals surface area contributed by atoms with Gasteiger partial charge in [-0.25, -0.2) is 13.4 Å². The Morgan fingerprint density at radius 2 is 1.93 bits per heavy atom. The fraction of sp³-hybridized carbons (Fsp3) is 0.368. The van der Waals surface area contributed by atoms with Crippen LogP contribution in [0.3, 0.4) is 0 Å². The van der Waals surface area contributed by atoms with Gasteiger partial charge in [0.25, 0.3) is 0 Å². The molecular formula is C19H24ClN3O3S2. The molecule has 2 rings (SSSR count). The quantitative estimate of drug-likeness (QED) is 0.621. The summed E-state index contributed by atoms with van der Waals surface area (Å²) in [5.74, 6) is -0.183. The third-order valence-electron chi connectivity index (χ3n) is 4.18. The molecule has 152 valence electrons. The molecule has 1 N–H and O–H groups in total. The van der Waals surface area contributed by atoms with E-state index >= 15 is 0 Å². The van der Waals surface area contributed by atoms with E-state index in [9.17, 15) is 13.2 Å². The third kappa shape index (κ3) is 5.47. The van der Waals surface area contributed by atoms with Crippen molar-refractivity contribution in [3.05, 3.63) is 47.1 Å². The van der Waals surface area contributed by atoms with Gasteiger partial charge in [-0.2, -0.15) is 4.31 Å². The molecule has 1 aromatic carbocycles. The monoisotopic (exact) mass is 441 g/mol. The minimum absolute atomic E-state index is 0.146. The number of amides is 1. The van der Waals surface area contributed by atoms with Crippen LogP contribution < -0.4 is 5.32 Å². The van der Waals surface area contributed by atoms with Crippen LogP contribution >= 0.6 is 23.4 Å². The molecule has 0 aliphatic heterocycles. The average molecular weight is 442 g/mol. The van der Waals surface area contributed by atoms with Crippen molar-refractivity contribution in [2.24, 2.45) is 0 Å². The molecular weight excluding hydrogens is 418 g/mol. The smallest absolute Gasteiger partial charge is 0.244 e. The third-order valence-corrected chi connectivity index (χ3v) is 7.50. The van der Waals surface area contributed by atoms with Gasteiger partial charge in [-0.1, -0.05) is 43.3 Å². The van der Waals surface area contributed by atoms with E-state index in [1.807, 2.05) is 13.0 Å². The summed E-state index contributed by atoms with van der Waals surface area (Å²) in [5.41, 5.74) is 1.58. The average Bonchev–Trinajstić information content (AvgIpc) is 2.65. The Morgan fingerprint density at radius 1 is 1.25 bits per heavy atom. The molecule has 28 heavy (non-hydrogen) atoms. The van der Waals surface area contributed by atoms with Gasteiger partial charge >= 0.3 is 0 Å². The highest BCUT2D eigenvalue weighted by atomic mass is 35.5. The number of hydrogen-bond acceptors (Lipinski definition) is 5. The highest BCUT2D eigenvalue weighted by Gasteiger charge is 2.22. The fourth-order valence-electron chi connectivity index (χ4n) is 2.50. The van der Waals surface area contributed by atoms with Crippen molar-refractivity contribution in [3.63, 3.8) is 0 Å². The zero-order valence-corrected chi connectivity index (χ0v) is 18.7. The molecule has 0 bridgehead atoms.